The van der Waals surface area contributed by atoms with Crippen LogP contribution in [-0.2, 0) is 20.9 Å². The van der Waals surface area contributed by atoms with Gasteiger partial charge in [0, 0.05) is 19.7 Å². The Morgan fingerprint density at radius 1 is 1.29 bits per heavy atom. The Labute approximate surface area is 127 Å². The molecule has 1 aliphatic heterocycles. The molecule has 0 aliphatic carbocycles. The van der Waals surface area contributed by atoms with Crippen molar-refractivity contribution in [3.63, 3.8) is 0 Å². The summed E-state index contributed by atoms with van der Waals surface area (Å²) in [6.07, 6.45) is 1.75. The molecule has 4 heteroatoms. The van der Waals surface area contributed by atoms with Gasteiger partial charge in [-0.25, -0.2) is 0 Å². The first-order valence-corrected chi connectivity index (χ1v) is 7.76. The molecule has 4 nitrogen and oxygen atoms in total. The van der Waals surface area contributed by atoms with Crippen molar-refractivity contribution in [2.75, 3.05) is 19.7 Å². The second-order valence-electron chi connectivity index (χ2n) is 5.42. The molecule has 1 heterocycles. The number of piperidine rings is 1. The summed E-state index contributed by atoms with van der Waals surface area (Å²) >= 11 is 0. The van der Waals surface area contributed by atoms with Gasteiger partial charge in [0.05, 0.1) is 12.7 Å². The first kappa shape index (κ1) is 16.0. The molecule has 1 aromatic carbocycles. The molecule has 1 fully saturated rings. The van der Waals surface area contributed by atoms with Gasteiger partial charge >= 0.3 is 0 Å². The van der Waals surface area contributed by atoms with Gasteiger partial charge < -0.3 is 14.4 Å². The van der Waals surface area contributed by atoms with Crippen LogP contribution in [0.3, 0.4) is 0 Å². The van der Waals surface area contributed by atoms with Gasteiger partial charge in [-0.1, -0.05) is 30.3 Å². The summed E-state index contributed by atoms with van der Waals surface area (Å²) in [6.45, 7) is 6.60. The van der Waals surface area contributed by atoms with E-state index in [-0.39, 0.29) is 5.91 Å². The lowest BCUT2D eigenvalue weighted by atomic mass is 10.1. The fourth-order valence-electron chi connectivity index (χ4n) is 2.60. The lowest BCUT2D eigenvalue weighted by Crippen LogP contribution is -2.45. The molecule has 1 unspecified atom stereocenters. The Bertz CT molecular complexity index is 427. The smallest absolute Gasteiger partial charge is 0.251 e. The third-order valence-electron chi connectivity index (χ3n) is 3.85. The van der Waals surface area contributed by atoms with Crippen LogP contribution in [0.5, 0.6) is 0 Å². The Morgan fingerprint density at radius 3 is 2.57 bits per heavy atom. The van der Waals surface area contributed by atoms with Crippen LogP contribution in [0.15, 0.2) is 30.3 Å². The number of carbonyl (C=O) groups is 1. The third kappa shape index (κ3) is 4.83. The van der Waals surface area contributed by atoms with Crippen LogP contribution in [0.2, 0.25) is 0 Å². The molecule has 1 saturated heterocycles. The zero-order valence-electron chi connectivity index (χ0n) is 13.0. The molecule has 1 aromatic rings. The minimum Gasteiger partial charge on any atom is -0.378 e. The predicted octanol–water partition coefficient (Wildman–Crippen LogP) is 2.62. The molecule has 0 spiro atoms. The SMILES string of the molecule is CCOC1CCN(C(=O)C(C)OCc2ccccc2)CC1. The Hall–Kier alpha value is -1.39. The lowest BCUT2D eigenvalue weighted by molar-refractivity contribution is -0.146. The maximum absolute atomic E-state index is 12.3. The molecule has 1 atom stereocenters. The standard InChI is InChI=1S/C17H25NO3/c1-3-20-16-9-11-18(12-10-16)17(19)14(2)21-13-15-7-5-4-6-8-15/h4-8,14,16H,3,9-13H2,1-2H3. The highest BCUT2D eigenvalue weighted by Crippen LogP contribution is 2.15. The van der Waals surface area contributed by atoms with Gasteiger partial charge in [0.15, 0.2) is 0 Å². The topological polar surface area (TPSA) is 38.8 Å². The molecule has 0 saturated carbocycles. The van der Waals surface area contributed by atoms with Crippen LogP contribution in [0.4, 0.5) is 0 Å². The Kier molecular flexibility index (Phi) is 6.21. The number of rotatable bonds is 6. The first-order chi connectivity index (χ1) is 10.2. The summed E-state index contributed by atoms with van der Waals surface area (Å²) in [5.74, 6) is 0.0841. The Morgan fingerprint density at radius 2 is 1.95 bits per heavy atom. The summed E-state index contributed by atoms with van der Waals surface area (Å²) < 4.78 is 11.3. The van der Waals surface area contributed by atoms with E-state index >= 15 is 0 Å². The second-order valence-corrected chi connectivity index (χ2v) is 5.42. The summed E-state index contributed by atoms with van der Waals surface area (Å²) in [7, 11) is 0. The van der Waals surface area contributed by atoms with Gasteiger partial charge in [0.1, 0.15) is 6.10 Å². The van der Waals surface area contributed by atoms with Crippen molar-refractivity contribution in [2.45, 2.75) is 45.5 Å². The number of hydrogen-bond acceptors (Lipinski definition) is 3. The highest BCUT2D eigenvalue weighted by Gasteiger charge is 2.26. The van der Waals surface area contributed by atoms with Crippen molar-refractivity contribution in [1.29, 1.82) is 0 Å². The van der Waals surface area contributed by atoms with E-state index in [1.54, 1.807) is 0 Å². The third-order valence-corrected chi connectivity index (χ3v) is 3.85. The molecule has 0 bridgehead atoms. The van der Waals surface area contributed by atoms with Crippen LogP contribution in [0.25, 0.3) is 0 Å². The van der Waals surface area contributed by atoms with Crippen LogP contribution >= 0.6 is 0 Å². The van der Waals surface area contributed by atoms with Crippen LogP contribution in [-0.4, -0.2) is 42.7 Å². The maximum atomic E-state index is 12.3. The largest absolute Gasteiger partial charge is 0.378 e. The van der Waals surface area contributed by atoms with Crippen molar-refractivity contribution >= 4 is 5.91 Å². The van der Waals surface area contributed by atoms with Crippen LogP contribution < -0.4 is 0 Å². The average Bonchev–Trinajstić information content (AvgIpc) is 2.54. The molecule has 0 aromatic heterocycles. The van der Waals surface area contributed by atoms with Gasteiger partial charge in [-0.3, -0.25) is 4.79 Å². The minimum absolute atomic E-state index is 0.0841. The second kappa shape index (κ2) is 8.15. The van der Waals surface area contributed by atoms with E-state index in [0.29, 0.717) is 12.7 Å². The summed E-state index contributed by atoms with van der Waals surface area (Å²) in [5.41, 5.74) is 1.09. The molecule has 2 rings (SSSR count). The van der Waals surface area contributed by atoms with Gasteiger partial charge in [-0.15, -0.1) is 0 Å². The number of benzene rings is 1. The molecular formula is C17H25NO3. The highest BCUT2D eigenvalue weighted by atomic mass is 16.5. The van der Waals surface area contributed by atoms with Crippen molar-refractivity contribution < 1.29 is 14.3 Å². The van der Waals surface area contributed by atoms with Crippen LogP contribution in [0.1, 0.15) is 32.3 Å². The normalized spacial score (nSPS) is 17.7. The van der Waals surface area contributed by atoms with E-state index in [1.165, 1.54) is 0 Å². The fourth-order valence-corrected chi connectivity index (χ4v) is 2.60. The Balaban J connectivity index is 1.75. The summed E-state index contributed by atoms with van der Waals surface area (Å²) in [6, 6.07) is 9.93. The minimum atomic E-state index is -0.395. The highest BCUT2D eigenvalue weighted by molar-refractivity contribution is 5.80. The molecule has 1 aliphatic rings. The molecule has 1 amide bonds. The van der Waals surface area contributed by atoms with E-state index in [1.807, 2.05) is 49.1 Å². The predicted molar refractivity (Wildman–Crippen MR) is 81.9 cm³/mol. The number of hydrogen-bond donors (Lipinski definition) is 0. The molecule has 0 N–H and O–H groups in total. The van der Waals surface area contributed by atoms with Gasteiger partial charge in [0.25, 0.3) is 5.91 Å². The number of carbonyl (C=O) groups excluding carboxylic acids is 1. The maximum Gasteiger partial charge on any atom is 0.251 e. The number of nitrogens with zero attached hydrogens (tertiary/aromatic N) is 1. The van der Waals surface area contributed by atoms with Gasteiger partial charge in [0.2, 0.25) is 0 Å². The average molecular weight is 291 g/mol. The molecule has 21 heavy (non-hydrogen) atoms. The molecular weight excluding hydrogens is 266 g/mol. The number of amides is 1. The molecule has 0 radical (unpaired) electrons. The van der Waals surface area contributed by atoms with Gasteiger partial charge in [-0.05, 0) is 32.3 Å². The molecule has 116 valence electrons. The fraction of sp³-hybridized carbons (Fsp3) is 0.588. The monoisotopic (exact) mass is 291 g/mol. The van der Waals surface area contributed by atoms with E-state index in [0.717, 1.165) is 38.1 Å². The number of likely N-dealkylation sites (tertiary alicyclic amines) is 1. The van der Waals surface area contributed by atoms with Crippen molar-refractivity contribution in [3.8, 4) is 0 Å². The quantitative estimate of drug-likeness (QED) is 0.808. The van der Waals surface area contributed by atoms with Crippen LogP contribution in [0, 0.1) is 0 Å². The lowest BCUT2D eigenvalue weighted by Gasteiger charge is -2.33. The van der Waals surface area contributed by atoms with Gasteiger partial charge in [-0.2, -0.15) is 0 Å². The van der Waals surface area contributed by atoms with E-state index in [9.17, 15) is 4.79 Å². The van der Waals surface area contributed by atoms with Crippen molar-refractivity contribution in [2.24, 2.45) is 0 Å². The van der Waals surface area contributed by atoms with E-state index in [4.69, 9.17) is 9.47 Å². The van der Waals surface area contributed by atoms with Crippen molar-refractivity contribution in [3.05, 3.63) is 35.9 Å². The zero-order valence-corrected chi connectivity index (χ0v) is 13.0. The summed E-state index contributed by atoms with van der Waals surface area (Å²) in [4.78, 5) is 14.2. The van der Waals surface area contributed by atoms with E-state index < -0.39 is 6.10 Å². The van der Waals surface area contributed by atoms with Crippen molar-refractivity contribution in [1.82, 2.24) is 4.90 Å². The summed E-state index contributed by atoms with van der Waals surface area (Å²) in [5, 5.41) is 0. The zero-order chi connectivity index (χ0) is 15.1. The first-order valence-electron chi connectivity index (χ1n) is 7.76. The van der Waals surface area contributed by atoms with E-state index in [2.05, 4.69) is 0 Å². The number of ether oxygens (including phenoxy) is 2.